The summed E-state index contributed by atoms with van der Waals surface area (Å²) in [5.41, 5.74) is 5.95. The summed E-state index contributed by atoms with van der Waals surface area (Å²) < 4.78 is 0. The largest absolute Gasteiger partial charge is 0.377 e. The fourth-order valence-electron chi connectivity index (χ4n) is 2.94. The van der Waals surface area contributed by atoms with Crippen LogP contribution < -0.4 is 9.80 Å². The van der Waals surface area contributed by atoms with Gasteiger partial charge < -0.3 is 9.74 Å². The Morgan fingerprint density at radius 1 is 1.05 bits per heavy atom. The molecule has 2 aromatic rings. The van der Waals surface area contributed by atoms with Crippen molar-refractivity contribution in [3.05, 3.63) is 48.0 Å². The molecule has 2 aromatic carbocycles. The standard InChI is InChI=1S/C16H15N3O/c1-18(2)14-9-5-7-12-15(14)11-6-3-4-8-13(11)19-10-20-17-16(12)19/h3-9H,10H2,1-2H3. The van der Waals surface area contributed by atoms with Gasteiger partial charge in [0.15, 0.2) is 12.6 Å². The zero-order valence-electron chi connectivity index (χ0n) is 11.5. The second-order valence-electron chi connectivity index (χ2n) is 5.21. The quantitative estimate of drug-likeness (QED) is 0.793. The second kappa shape index (κ2) is 4.00. The van der Waals surface area contributed by atoms with E-state index in [1.54, 1.807) is 0 Å². The molecule has 2 aliphatic heterocycles. The van der Waals surface area contributed by atoms with Crippen LogP contribution in [-0.4, -0.2) is 26.7 Å². The molecule has 0 bridgehead atoms. The normalized spacial score (nSPS) is 14.9. The van der Waals surface area contributed by atoms with Gasteiger partial charge in [-0.3, -0.25) is 4.90 Å². The van der Waals surface area contributed by atoms with Crippen LogP contribution in [0, 0.1) is 0 Å². The highest BCUT2D eigenvalue weighted by atomic mass is 16.7. The Morgan fingerprint density at radius 3 is 2.70 bits per heavy atom. The van der Waals surface area contributed by atoms with Crippen LogP contribution in [-0.2, 0) is 4.84 Å². The summed E-state index contributed by atoms with van der Waals surface area (Å²) in [4.78, 5) is 9.57. The van der Waals surface area contributed by atoms with Gasteiger partial charge in [0.25, 0.3) is 0 Å². The minimum atomic E-state index is 0.484. The lowest BCUT2D eigenvalue weighted by molar-refractivity contribution is 0.174. The minimum absolute atomic E-state index is 0.484. The van der Waals surface area contributed by atoms with E-state index >= 15 is 0 Å². The molecule has 4 nitrogen and oxygen atoms in total. The Hall–Kier alpha value is -2.49. The van der Waals surface area contributed by atoms with Crippen molar-refractivity contribution in [2.45, 2.75) is 0 Å². The molecule has 0 saturated heterocycles. The number of fused-ring (bicyclic) bond motifs is 6. The molecule has 0 fully saturated rings. The van der Waals surface area contributed by atoms with Crippen molar-refractivity contribution < 1.29 is 4.84 Å². The van der Waals surface area contributed by atoms with E-state index in [0.717, 1.165) is 17.1 Å². The molecule has 2 aliphatic rings. The number of rotatable bonds is 1. The molecular weight excluding hydrogens is 250 g/mol. The molecule has 0 unspecified atom stereocenters. The average molecular weight is 265 g/mol. The second-order valence-corrected chi connectivity index (χ2v) is 5.21. The van der Waals surface area contributed by atoms with Crippen molar-refractivity contribution >= 4 is 17.2 Å². The Bertz CT molecular complexity index is 721. The van der Waals surface area contributed by atoms with Crippen LogP contribution in [0.25, 0.3) is 11.1 Å². The van der Waals surface area contributed by atoms with E-state index in [0.29, 0.717) is 6.73 Å². The molecule has 0 atom stereocenters. The van der Waals surface area contributed by atoms with Crippen LogP contribution in [0.1, 0.15) is 5.56 Å². The number of benzene rings is 2. The molecule has 0 amide bonds. The summed E-state index contributed by atoms with van der Waals surface area (Å²) in [7, 11) is 4.13. The highest BCUT2D eigenvalue weighted by Gasteiger charge is 2.33. The van der Waals surface area contributed by atoms with Crippen molar-refractivity contribution in [2.75, 3.05) is 30.6 Å². The van der Waals surface area contributed by atoms with Crippen molar-refractivity contribution in [3.63, 3.8) is 0 Å². The smallest absolute Gasteiger partial charge is 0.195 e. The van der Waals surface area contributed by atoms with Gasteiger partial charge >= 0.3 is 0 Å². The predicted molar refractivity (Wildman–Crippen MR) is 81.2 cm³/mol. The number of nitrogens with zero attached hydrogens (tertiary/aromatic N) is 3. The van der Waals surface area contributed by atoms with Gasteiger partial charge in [0.05, 0.1) is 5.69 Å². The van der Waals surface area contributed by atoms with Gasteiger partial charge in [-0.2, -0.15) is 0 Å². The third-order valence-electron chi connectivity index (χ3n) is 3.82. The molecule has 100 valence electrons. The summed E-state index contributed by atoms with van der Waals surface area (Å²) in [6.45, 7) is 0.484. The molecule has 0 aromatic heterocycles. The number of hydrogen-bond acceptors (Lipinski definition) is 4. The third-order valence-corrected chi connectivity index (χ3v) is 3.82. The molecule has 0 N–H and O–H groups in total. The average Bonchev–Trinajstić information content (AvgIpc) is 2.96. The third kappa shape index (κ3) is 1.39. The van der Waals surface area contributed by atoms with E-state index in [-0.39, 0.29) is 0 Å². The van der Waals surface area contributed by atoms with Gasteiger partial charge in [-0.15, -0.1) is 0 Å². The zero-order chi connectivity index (χ0) is 13.7. The van der Waals surface area contributed by atoms with E-state index in [9.17, 15) is 0 Å². The van der Waals surface area contributed by atoms with Crippen molar-refractivity contribution in [1.29, 1.82) is 0 Å². The summed E-state index contributed by atoms with van der Waals surface area (Å²) in [5, 5.41) is 4.22. The van der Waals surface area contributed by atoms with E-state index in [2.05, 4.69) is 71.5 Å². The maximum absolute atomic E-state index is 5.31. The summed E-state index contributed by atoms with van der Waals surface area (Å²) in [6.07, 6.45) is 0. The lowest BCUT2D eigenvalue weighted by atomic mass is 9.91. The number of anilines is 2. The molecule has 4 heteroatoms. The fraction of sp³-hybridized carbons (Fsp3) is 0.188. The molecule has 0 aliphatic carbocycles. The van der Waals surface area contributed by atoms with Gasteiger partial charge in [-0.1, -0.05) is 35.5 Å². The first-order valence-electron chi connectivity index (χ1n) is 6.65. The van der Waals surface area contributed by atoms with Gasteiger partial charge in [0.2, 0.25) is 0 Å². The van der Waals surface area contributed by atoms with Crippen molar-refractivity contribution in [2.24, 2.45) is 5.16 Å². The maximum atomic E-state index is 5.31. The highest BCUT2D eigenvalue weighted by Crippen LogP contribution is 2.44. The van der Waals surface area contributed by atoms with Gasteiger partial charge in [-0.25, -0.2) is 0 Å². The molecule has 20 heavy (non-hydrogen) atoms. The van der Waals surface area contributed by atoms with E-state index in [1.807, 2.05) is 0 Å². The van der Waals surface area contributed by atoms with E-state index in [4.69, 9.17) is 4.84 Å². The number of hydrogen-bond donors (Lipinski definition) is 0. The summed E-state index contributed by atoms with van der Waals surface area (Å²) in [6, 6.07) is 14.7. The lowest BCUT2D eigenvalue weighted by Crippen LogP contribution is -2.32. The van der Waals surface area contributed by atoms with Crippen LogP contribution in [0.2, 0.25) is 0 Å². The molecular formula is C16H15N3O. The van der Waals surface area contributed by atoms with Crippen LogP contribution >= 0.6 is 0 Å². The first-order valence-corrected chi connectivity index (χ1v) is 6.65. The molecule has 2 heterocycles. The Kier molecular flexibility index (Phi) is 2.27. The maximum Gasteiger partial charge on any atom is 0.195 e. The van der Waals surface area contributed by atoms with E-state index < -0.39 is 0 Å². The Morgan fingerprint density at radius 2 is 1.85 bits per heavy atom. The summed E-state index contributed by atoms with van der Waals surface area (Å²) >= 11 is 0. The molecule has 0 radical (unpaired) electrons. The summed E-state index contributed by atoms with van der Waals surface area (Å²) in [5.74, 6) is 0.905. The van der Waals surface area contributed by atoms with Crippen LogP contribution in [0.3, 0.4) is 0 Å². The lowest BCUT2D eigenvalue weighted by Gasteiger charge is -2.30. The molecule has 0 saturated carbocycles. The van der Waals surface area contributed by atoms with Crippen LogP contribution in [0.15, 0.2) is 47.6 Å². The SMILES string of the molecule is CN(C)c1cccc2c1-c1ccccc1N1CON=C21. The van der Waals surface area contributed by atoms with Gasteiger partial charge in [-0.05, 0) is 12.1 Å². The first-order chi connectivity index (χ1) is 9.77. The van der Waals surface area contributed by atoms with Crippen molar-refractivity contribution in [1.82, 2.24) is 0 Å². The molecule has 4 rings (SSSR count). The highest BCUT2D eigenvalue weighted by molar-refractivity contribution is 6.20. The number of oxime groups is 1. The monoisotopic (exact) mass is 265 g/mol. The number of para-hydroxylation sites is 1. The van der Waals surface area contributed by atoms with Gasteiger partial charge in [0.1, 0.15) is 0 Å². The Labute approximate surface area is 117 Å². The van der Waals surface area contributed by atoms with Crippen LogP contribution in [0.4, 0.5) is 11.4 Å². The Balaban J connectivity index is 2.09. The molecule has 0 spiro atoms. The van der Waals surface area contributed by atoms with Crippen LogP contribution in [0.5, 0.6) is 0 Å². The minimum Gasteiger partial charge on any atom is -0.377 e. The fourth-order valence-corrected chi connectivity index (χ4v) is 2.94. The number of amidine groups is 1. The topological polar surface area (TPSA) is 28.1 Å². The van der Waals surface area contributed by atoms with Gasteiger partial charge in [0, 0.05) is 36.5 Å². The first kappa shape index (κ1) is 11.3. The van der Waals surface area contributed by atoms with E-state index in [1.165, 1.54) is 16.8 Å². The predicted octanol–water partition coefficient (Wildman–Crippen LogP) is 2.89. The zero-order valence-corrected chi connectivity index (χ0v) is 11.5. The van der Waals surface area contributed by atoms with Crippen molar-refractivity contribution in [3.8, 4) is 11.1 Å².